The molecule has 0 saturated carbocycles. The number of hydrogen-bond donors (Lipinski definition) is 1. The van der Waals surface area contributed by atoms with Crippen LogP contribution >= 0.6 is 11.5 Å². The second-order valence-corrected chi connectivity index (χ2v) is 4.74. The first-order valence-corrected chi connectivity index (χ1v) is 6.10. The van der Waals surface area contributed by atoms with Gasteiger partial charge in [-0.25, -0.2) is 0 Å². The summed E-state index contributed by atoms with van der Waals surface area (Å²) < 4.78 is 40.4. The van der Waals surface area contributed by atoms with Crippen LogP contribution in [0.15, 0.2) is 0 Å². The highest BCUT2D eigenvalue weighted by molar-refractivity contribution is 7.09. The molecule has 96 valence electrons. The summed E-state index contributed by atoms with van der Waals surface area (Å²) in [6.45, 7) is 1.74. The molecule has 1 aliphatic heterocycles. The fourth-order valence-corrected chi connectivity index (χ4v) is 2.51. The first-order chi connectivity index (χ1) is 7.98. The van der Waals surface area contributed by atoms with Crippen LogP contribution in [-0.4, -0.2) is 35.5 Å². The maximum absolute atomic E-state index is 12.4. The normalized spacial score (nSPS) is 21.5. The summed E-state index contributed by atoms with van der Waals surface area (Å²) in [7, 11) is 1.76. The van der Waals surface area contributed by atoms with Crippen molar-refractivity contribution < 1.29 is 13.2 Å². The van der Waals surface area contributed by atoms with Gasteiger partial charge in [0.15, 0.2) is 0 Å². The van der Waals surface area contributed by atoms with Crippen molar-refractivity contribution in [3.05, 3.63) is 5.82 Å². The lowest BCUT2D eigenvalue weighted by molar-refractivity contribution is -0.144. The number of nitrogens with one attached hydrogen (secondary N) is 1. The number of halogens is 3. The minimum Gasteiger partial charge on any atom is -0.346 e. The molecule has 1 aliphatic rings. The van der Waals surface area contributed by atoms with Gasteiger partial charge in [0.1, 0.15) is 0 Å². The summed E-state index contributed by atoms with van der Waals surface area (Å²) >= 11 is 0.795. The highest BCUT2D eigenvalue weighted by Crippen LogP contribution is 2.30. The number of likely N-dealkylation sites (N-methyl/N-ethyl adjacent to an activating group) is 1. The lowest BCUT2D eigenvalue weighted by Gasteiger charge is -2.31. The van der Waals surface area contributed by atoms with Gasteiger partial charge in [-0.05, 0) is 19.4 Å². The molecule has 1 aromatic heterocycles. The summed E-state index contributed by atoms with van der Waals surface area (Å²) in [5, 5.41) is 3.54. The number of hydrogen-bond acceptors (Lipinski definition) is 5. The Bertz CT molecular complexity index is 373. The molecule has 1 fully saturated rings. The Labute approximate surface area is 101 Å². The molecule has 0 radical (unpaired) electrons. The zero-order valence-electron chi connectivity index (χ0n) is 9.29. The smallest absolute Gasteiger partial charge is 0.346 e. The van der Waals surface area contributed by atoms with E-state index < -0.39 is 12.0 Å². The summed E-state index contributed by atoms with van der Waals surface area (Å²) in [4.78, 5) is 5.31. The Morgan fingerprint density at radius 3 is 2.76 bits per heavy atom. The van der Waals surface area contributed by atoms with E-state index in [1.807, 2.05) is 0 Å². The molecule has 8 heteroatoms. The first-order valence-electron chi connectivity index (χ1n) is 5.33. The van der Waals surface area contributed by atoms with Gasteiger partial charge in [0.2, 0.25) is 11.0 Å². The minimum absolute atomic E-state index is 0.192. The Kier molecular flexibility index (Phi) is 3.53. The average molecular weight is 266 g/mol. The van der Waals surface area contributed by atoms with Crippen LogP contribution in [0.3, 0.4) is 0 Å². The highest BCUT2D eigenvalue weighted by atomic mass is 32.1. The summed E-state index contributed by atoms with van der Waals surface area (Å²) in [6.07, 6.45) is -2.47. The molecule has 4 nitrogen and oxygen atoms in total. The van der Waals surface area contributed by atoms with Crippen LogP contribution in [-0.2, 0) is 6.18 Å². The Hall–Kier alpha value is -0.890. The highest BCUT2D eigenvalue weighted by Gasteiger charge is 2.36. The number of rotatable bonds is 2. The molecule has 2 heterocycles. The third kappa shape index (κ3) is 2.86. The van der Waals surface area contributed by atoms with Crippen molar-refractivity contribution in [1.29, 1.82) is 0 Å². The molecule has 0 bridgehead atoms. The minimum atomic E-state index is -4.46. The van der Waals surface area contributed by atoms with Crippen LogP contribution in [0.5, 0.6) is 0 Å². The van der Waals surface area contributed by atoms with Crippen LogP contribution in [0.1, 0.15) is 18.7 Å². The second-order valence-electron chi connectivity index (χ2n) is 4.01. The second kappa shape index (κ2) is 4.77. The summed E-state index contributed by atoms with van der Waals surface area (Å²) in [5.74, 6) is -1.05. The fourth-order valence-electron chi connectivity index (χ4n) is 1.79. The molecule has 1 unspecified atom stereocenters. The van der Waals surface area contributed by atoms with Crippen LogP contribution in [0.4, 0.5) is 18.3 Å². The molecule has 0 amide bonds. The van der Waals surface area contributed by atoms with E-state index in [1.165, 1.54) is 0 Å². The van der Waals surface area contributed by atoms with Gasteiger partial charge in [-0.3, -0.25) is 0 Å². The average Bonchev–Trinajstić information content (AvgIpc) is 2.78. The molecular weight excluding hydrogens is 253 g/mol. The topological polar surface area (TPSA) is 41.1 Å². The van der Waals surface area contributed by atoms with Crippen molar-refractivity contribution in [3.63, 3.8) is 0 Å². The van der Waals surface area contributed by atoms with Gasteiger partial charge >= 0.3 is 6.18 Å². The molecular formula is C9H13F3N4S. The standard InChI is InChI=1S/C9H13F3N4S/c1-16(6-3-2-4-13-5-6)8-14-7(15-17-8)9(10,11)12/h6,13H,2-5H2,1H3. The van der Waals surface area contributed by atoms with Crippen LogP contribution in [0.25, 0.3) is 0 Å². The van der Waals surface area contributed by atoms with Gasteiger partial charge in [0.05, 0.1) is 0 Å². The summed E-state index contributed by atoms with van der Waals surface area (Å²) in [6, 6.07) is 0.192. The van der Waals surface area contributed by atoms with Gasteiger partial charge in [0, 0.05) is 31.2 Å². The van der Waals surface area contributed by atoms with E-state index in [-0.39, 0.29) is 6.04 Å². The molecule has 2 rings (SSSR count). The van der Waals surface area contributed by atoms with Gasteiger partial charge in [0.25, 0.3) is 0 Å². The zero-order chi connectivity index (χ0) is 12.5. The van der Waals surface area contributed by atoms with Crippen molar-refractivity contribution in [3.8, 4) is 0 Å². The first kappa shape index (κ1) is 12.6. The predicted molar refractivity (Wildman–Crippen MR) is 59.2 cm³/mol. The largest absolute Gasteiger partial charge is 0.452 e. The van der Waals surface area contributed by atoms with E-state index in [2.05, 4.69) is 14.7 Å². The number of aromatic nitrogens is 2. The third-order valence-electron chi connectivity index (χ3n) is 2.79. The van der Waals surface area contributed by atoms with E-state index in [4.69, 9.17) is 0 Å². The molecule has 17 heavy (non-hydrogen) atoms. The van der Waals surface area contributed by atoms with Gasteiger partial charge in [-0.2, -0.15) is 22.5 Å². The molecule has 1 N–H and O–H groups in total. The Morgan fingerprint density at radius 1 is 1.47 bits per heavy atom. The van der Waals surface area contributed by atoms with Crippen molar-refractivity contribution >= 4 is 16.7 Å². The van der Waals surface area contributed by atoms with E-state index in [0.29, 0.717) is 5.13 Å². The van der Waals surface area contributed by atoms with Crippen LogP contribution in [0, 0.1) is 0 Å². The number of alkyl halides is 3. The molecule has 0 aliphatic carbocycles. The SMILES string of the molecule is CN(c1nc(C(F)(F)F)ns1)C1CCCNC1. The quantitative estimate of drug-likeness (QED) is 0.885. The van der Waals surface area contributed by atoms with E-state index in [0.717, 1.165) is 37.5 Å². The monoisotopic (exact) mass is 266 g/mol. The fraction of sp³-hybridized carbons (Fsp3) is 0.778. The molecule has 0 spiro atoms. The maximum Gasteiger partial charge on any atom is 0.452 e. The number of nitrogens with zero attached hydrogens (tertiary/aromatic N) is 3. The molecule has 0 aromatic carbocycles. The van der Waals surface area contributed by atoms with Crippen molar-refractivity contribution in [2.75, 3.05) is 25.0 Å². The Morgan fingerprint density at radius 2 is 2.24 bits per heavy atom. The summed E-state index contributed by atoms with van der Waals surface area (Å²) in [5.41, 5.74) is 0. The van der Waals surface area contributed by atoms with E-state index >= 15 is 0 Å². The molecule has 1 saturated heterocycles. The lowest BCUT2D eigenvalue weighted by Crippen LogP contribution is -2.44. The van der Waals surface area contributed by atoms with Gasteiger partial charge in [-0.1, -0.05) is 0 Å². The van der Waals surface area contributed by atoms with Crippen LogP contribution < -0.4 is 10.2 Å². The third-order valence-corrected chi connectivity index (χ3v) is 3.60. The number of anilines is 1. The van der Waals surface area contributed by atoms with Gasteiger partial charge in [-0.15, -0.1) is 0 Å². The maximum atomic E-state index is 12.4. The van der Waals surface area contributed by atoms with Crippen molar-refractivity contribution in [1.82, 2.24) is 14.7 Å². The molecule has 1 aromatic rings. The van der Waals surface area contributed by atoms with Crippen molar-refractivity contribution in [2.24, 2.45) is 0 Å². The predicted octanol–water partition coefficient (Wildman–Crippen LogP) is 1.75. The number of piperidine rings is 1. The lowest BCUT2D eigenvalue weighted by atomic mass is 10.1. The Balaban J connectivity index is 2.08. The van der Waals surface area contributed by atoms with Gasteiger partial charge < -0.3 is 10.2 Å². The van der Waals surface area contributed by atoms with Crippen LogP contribution in [0.2, 0.25) is 0 Å². The van der Waals surface area contributed by atoms with E-state index in [9.17, 15) is 13.2 Å². The van der Waals surface area contributed by atoms with E-state index in [1.54, 1.807) is 11.9 Å². The zero-order valence-corrected chi connectivity index (χ0v) is 10.1. The van der Waals surface area contributed by atoms with Crippen molar-refractivity contribution in [2.45, 2.75) is 25.1 Å². The molecule has 1 atom stereocenters.